The van der Waals surface area contributed by atoms with Crippen LogP contribution < -0.4 is 5.32 Å². The molecule has 0 saturated carbocycles. The first-order valence-corrected chi connectivity index (χ1v) is 10.7. The lowest BCUT2D eigenvalue weighted by atomic mass is 10.1. The molecule has 1 saturated heterocycles. The Morgan fingerprint density at radius 3 is 2.30 bits per heavy atom. The number of nitrogens with zero attached hydrogens (tertiary/aromatic N) is 3. The summed E-state index contributed by atoms with van der Waals surface area (Å²) >= 11 is 0. The maximum absolute atomic E-state index is 12.5. The highest BCUT2D eigenvalue weighted by Gasteiger charge is 2.11. The maximum atomic E-state index is 12.5. The molecule has 154 valence electrons. The summed E-state index contributed by atoms with van der Waals surface area (Å²) in [6.07, 6.45) is 8.44. The molecule has 0 atom stereocenters. The second kappa shape index (κ2) is 10.1. The van der Waals surface area contributed by atoms with Crippen molar-refractivity contribution in [2.75, 3.05) is 13.1 Å². The second-order valence-corrected chi connectivity index (χ2v) is 7.85. The van der Waals surface area contributed by atoms with E-state index in [-0.39, 0.29) is 5.91 Å². The van der Waals surface area contributed by atoms with Gasteiger partial charge in [0.05, 0.1) is 5.56 Å². The lowest BCUT2D eigenvalue weighted by Gasteiger charge is -2.20. The summed E-state index contributed by atoms with van der Waals surface area (Å²) in [5.41, 5.74) is 3.82. The summed E-state index contributed by atoms with van der Waals surface area (Å²) < 4.78 is 0. The molecule has 3 aromatic rings. The predicted molar refractivity (Wildman–Crippen MR) is 119 cm³/mol. The highest BCUT2D eigenvalue weighted by molar-refractivity contribution is 5.93. The number of benzene rings is 2. The summed E-state index contributed by atoms with van der Waals surface area (Å²) in [4.78, 5) is 23.7. The minimum absolute atomic E-state index is 0.160. The SMILES string of the molecule is O=C(NCc1cccc(CN2CCCCCC2)c1)c1cnc(-c2ccccc2)nc1. The molecule has 2 aromatic carbocycles. The van der Waals surface area contributed by atoms with E-state index in [0.29, 0.717) is 17.9 Å². The predicted octanol–water partition coefficient (Wildman–Crippen LogP) is 4.45. The summed E-state index contributed by atoms with van der Waals surface area (Å²) in [5.74, 6) is 0.459. The molecule has 0 aliphatic carbocycles. The molecule has 1 fully saturated rings. The maximum Gasteiger partial charge on any atom is 0.254 e. The van der Waals surface area contributed by atoms with Crippen LogP contribution in [0.2, 0.25) is 0 Å². The molecule has 2 heterocycles. The molecule has 30 heavy (non-hydrogen) atoms. The van der Waals surface area contributed by atoms with Gasteiger partial charge in [0.25, 0.3) is 5.91 Å². The van der Waals surface area contributed by atoms with Crippen LogP contribution in [0.5, 0.6) is 0 Å². The fraction of sp³-hybridized carbons (Fsp3) is 0.320. The van der Waals surface area contributed by atoms with E-state index in [1.54, 1.807) is 12.4 Å². The number of likely N-dealkylation sites (tertiary alicyclic amines) is 1. The van der Waals surface area contributed by atoms with Gasteiger partial charge >= 0.3 is 0 Å². The molecule has 0 radical (unpaired) electrons. The first-order valence-electron chi connectivity index (χ1n) is 10.7. The third kappa shape index (κ3) is 5.51. The van der Waals surface area contributed by atoms with Crippen LogP contribution in [0, 0.1) is 0 Å². The van der Waals surface area contributed by atoms with Crippen molar-refractivity contribution in [1.82, 2.24) is 20.2 Å². The van der Waals surface area contributed by atoms with Crippen LogP contribution in [0.15, 0.2) is 67.0 Å². The molecular formula is C25H28N4O. The largest absolute Gasteiger partial charge is 0.348 e. The zero-order valence-corrected chi connectivity index (χ0v) is 17.3. The van der Waals surface area contributed by atoms with Crippen molar-refractivity contribution in [2.24, 2.45) is 0 Å². The molecule has 1 amide bonds. The fourth-order valence-corrected chi connectivity index (χ4v) is 3.86. The average Bonchev–Trinajstić information content (AvgIpc) is 3.07. The molecule has 5 heteroatoms. The Morgan fingerprint density at radius 1 is 0.867 bits per heavy atom. The van der Waals surface area contributed by atoms with Gasteiger partial charge in [0.2, 0.25) is 0 Å². The molecule has 5 nitrogen and oxygen atoms in total. The number of carbonyl (C=O) groups excluding carboxylic acids is 1. The number of rotatable bonds is 6. The van der Waals surface area contributed by atoms with Crippen LogP contribution in [-0.4, -0.2) is 33.9 Å². The fourth-order valence-electron chi connectivity index (χ4n) is 3.86. The third-order valence-corrected chi connectivity index (χ3v) is 5.50. The minimum Gasteiger partial charge on any atom is -0.348 e. The Bertz CT molecular complexity index is 948. The van der Waals surface area contributed by atoms with Gasteiger partial charge in [-0.15, -0.1) is 0 Å². The van der Waals surface area contributed by atoms with Gasteiger partial charge in [-0.1, -0.05) is 67.4 Å². The summed E-state index contributed by atoms with van der Waals surface area (Å²) in [6, 6.07) is 18.2. The van der Waals surface area contributed by atoms with Gasteiger partial charge in [0.1, 0.15) is 0 Å². The Hall–Kier alpha value is -3.05. The average molecular weight is 401 g/mol. The van der Waals surface area contributed by atoms with E-state index in [0.717, 1.165) is 17.7 Å². The Labute approximate surface area is 178 Å². The molecular weight excluding hydrogens is 372 g/mol. The summed E-state index contributed by atoms with van der Waals surface area (Å²) in [6.45, 7) is 3.84. The van der Waals surface area contributed by atoms with Crippen LogP contribution in [0.25, 0.3) is 11.4 Å². The van der Waals surface area contributed by atoms with Gasteiger partial charge in [-0.3, -0.25) is 9.69 Å². The summed E-state index contributed by atoms with van der Waals surface area (Å²) in [7, 11) is 0. The lowest BCUT2D eigenvalue weighted by Crippen LogP contribution is -2.25. The first-order chi connectivity index (χ1) is 14.8. The van der Waals surface area contributed by atoms with Gasteiger partial charge in [-0.05, 0) is 37.1 Å². The van der Waals surface area contributed by atoms with E-state index in [1.165, 1.54) is 44.3 Å². The van der Waals surface area contributed by atoms with Gasteiger partial charge in [0.15, 0.2) is 5.82 Å². The van der Waals surface area contributed by atoms with Crippen molar-refractivity contribution < 1.29 is 4.79 Å². The topological polar surface area (TPSA) is 58.1 Å². The van der Waals surface area contributed by atoms with Crippen LogP contribution in [-0.2, 0) is 13.1 Å². The second-order valence-electron chi connectivity index (χ2n) is 7.85. The van der Waals surface area contributed by atoms with E-state index < -0.39 is 0 Å². The van der Waals surface area contributed by atoms with Crippen LogP contribution in [0.4, 0.5) is 0 Å². The zero-order chi connectivity index (χ0) is 20.6. The quantitative estimate of drug-likeness (QED) is 0.664. The van der Waals surface area contributed by atoms with Crippen molar-refractivity contribution in [3.8, 4) is 11.4 Å². The van der Waals surface area contributed by atoms with Gasteiger partial charge in [0, 0.05) is 31.0 Å². The zero-order valence-electron chi connectivity index (χ0n) is 17.3. The molecule has 0 bridgehead atoms. The molecule has 1 aliphatic heterocycles. The van der Waals surface area contributed by atoms with E-state index >= 15 is 0 Å². The van der Waals surface area contributed by atoms with Crippen molar-refractivity contribution in [2.45, 2.75) is 38.8 Å². The summed E-state index contributed by atoms with van der Waals surface area (Å²) in [5, 5.41) is 2.98. The Morgan fingerprint density at radius 2 is 1.57 bits per heavy atom. The number of amides is 1. The smallest absolute Gasteiger partial charge is 0.254 e. The molecule has 1 N–H and O–H groups in total. The van der Waals surface area contributed by atoms with Crippen molar-refractivity contribution >= 4 is 5.91 Å². The number of hydrogen-bond donors (Lipinski definition) is 1. The van der Waals surface area contributed by atoms with E-state index in [4.69, 9.17) is 0 Å². The Balaban J connectivity index is 1.33. The van der Waals surface area contributed by atoms with E-state index in [2.05, 4.69) is 44.5 Å². The standard InChI is InChI=1S/C25H28N4O/c30-25(23-17-26-24(27-18-23)22-11-4-3-5-12-22)28-16-20-9-8-10-21(15-20)19-29-13-6-1-2-7-14-29/h3-5,8-12,15,17-18H,1-2,6-7,13-14,16,19H2,(H,28,30). The first kappa shape index (κ1) is 20.2. The third-order valence-electron chi connectivity index (χ3n) is 5.50. The van der Waals surface area contributed by atoms with Crippen LogP contribution in [0.1, 0.15) is 47.2 Å². The van der Waals surface area contributed by atoms with Gasteiger partial charge in [-0.2, -0.15) is 0 Å². The highest BCUT2D eigenvalue weighted by atomic mass is 16.1. The van der Waals surface area contributed by atoms with Crippen LogP contribution >= 0.6 is 0 Å². The van der Waals surface area contributed by atoms with Gasteiger partial charge < -0.3 is 5.32 Å². The molecule has 1 aliphatic rings. The van der Waals surface area contributed by atoms with Crippen molar-refractivity contribution in [1.29, 1.82) is 0 Å². The molecule has 0 unspecified atom stereocenters. The van der Waals surface area contributed by atoms with Crippen molar-refractivity contribution in [3.63, 3.8) is 0 Å². The van der Waals surface area contributed by atoms with Gasteiger partial charge in [-0.25, -0.2) is 9.97 Å². The number of hydrogen-bond acceptors (Lipinski definition) is 4. The lowest BCUT2D eigenvalue weighted by molar-refractivity contribution is 0.0950. The minimum atomic E-state index is -0.160. The normalized spacial score (nSPS) is 14.8. The van der Waals surface area contributed by atoms with Crippen LogP contribution in [0.3, 0.4) is 0 Å². The number of carbonyl (C=O) groups is 1. The Kier molecular flexibility index (Phi) is 6.83. The van der Waals surface area contributed by atoms with E-state index in [1.807, 2.05) is 30.3 Å². The molecule has 1 aromatic heterocycles. The number of aromatic nitrogens is 2. The van der Waals surface area contributed by atoms with Crippen molar-refractivity contribution in [3.05, 3.63) is 83.7 Å². The molecule has 4 rings (SSSR count). The number of nitrogens with one attached hydrogen (secondary N) is 1. The van der Waals surface area contributed by atoms with E-state index in [9.17, 15) is 4.79 Å². The highest BCUT2D eigenvalue weighted by Crippen LogP contribution is 2.15. The monoisotopic (exact) mass is 400 g/mol. The molecule has 0 spiro atoms.